The van der Waals surface area contributed by atoms with Gasteiger partial charge in [-0.2, -0.15) is 0 Å². The van der Waals surface area contributed by atoms with Crippen molar-refractivity contribution in [2.45, 2.75) is 136 Å². The Hall–Kier alpha value is 0. The molecule has 0 saturated heterocycles. The number of rotatable bonds is 18. The molecular formula is C22H46. The third kappa shape index (κ3) is 18.1. The third-order valence-electron chi connectivity index (χ3n) is 5.25. The van der Waals surface area contributed by atoms with Gasteiger partial charge in [0.2, 0.25) is 0 Å². The van der Waals surface area contributed by atoms with Crippen LogP contribution < -0.4 is 0 Å². The van der Waals surface area contributed by atoms with Crippen LogP contribution in [0.25, 0.3) is 0 Å². The Balaban J connectivity index is 2.97. The predicted octanol–water partition coefficient (Wildman–Crippen LogP) is 8.68. The van der Waals surface area contributed by atoms with Gasteiger partial charge in [0.25, 0.3) is 0 Å². The van der Waals surface area contributed by atoms with Gasteiger partial charge in [-0.15, -0.1) is 0 Å². The van der Waals surface area contributed by atoms with Crippen molar-refractivity contribution in [1.82, 2.24) is 0 Å². The van der Waals surface area contributed by atoms with Crippen molar-refractivity contribution in [2.75, 3.05) is 0 Å². The molecule has 0 aromatic heterocycles. The summed E-state index contributed by atoms with van der Waals surface area (Å²) < 4.78 is 0. The van der Waals surface area contributed by atoms with Crippen LogP contribution in [0.4, 0.5) is 0 Å². The molecule has 0 amide bonds. The molecule has 0 unspecified atom stereocenters. The first-order chi connectivity index (χ1) is 10.8. The van der Waals surface area contributed by atoms with Crippen LogP contribution in [0, 0.1) is 5.92 Å². The van der Waals surface area contributed by atoms with Crippen LogP contribution in [0.5, 0.6) is 0 Å². The average Bonchev–Trinajstić information content (AvgIpc) is 2.54. The molecule has 134 valence electrons. The lowest BCUT2D eigenvalue weighted by Gasteiger charge is -2.07. The molecule has 0 heterocycles. The molecule has 0 spiro atoms. The molecule has 0 N–H and O–H groups in total. The number of hydrogen-bond donors (Lipinski definition) is 0. The highest BCUT2D eigenvalue weighted by Gasteiger charge is 1.98. The molecule has 0 nitrogen and oxygen atoms in total. The standard InChI is InChI=1S/C22H46/c1-4-6-7-8-9-10-11-12-13-14-15-16-17-18-19-20-21-22(3)5-2/h22H,4-21H2,1-3H3/t22-/m0/s1. The smallest absolute Gasteiger partial charge is 0.0445 e. The van der Waals surface area contributed by atoms with Crippen molar-refractivity contribution in [3.63, 3.8) is 0 Å². The highest BCUT2D eigenvalue weighted by molar-refractivity contribution is 4.52. The monoisotopic (exact) mass is 310 g/mol. The minimum Gasteiger partial charge on any atom is -0.0654 e. The van der Waals surface area contributed by atoms with Gasteiger partial charge in [-0.25, -0.2) is 0 Å². The van der Waals surface area contributed by atoms with Crippen molar-refractivity contribution >= 4 is 0 Å². The molecule has 0 heteroatoms. The van der Waals surface area contributed by atoms with Crippen molar-refractivity contribution in [3.8, 4) is 0 Å². The van der Waals surface area contributed by atoms with Crippen molar-refractivity contribution < 1.29 is 0 Å². The molecule has 0 aromatic carbocycles. The number of unbranched alkanes of at least 4 members (excludes halogenated alkanes) is 15. The summed E-state index contributed by atoms with van der Waals surface area (Å²) in [5.41, 5.74) is 0. The molecule has 0 radical (unpaired) electrons. The van der Waals surface area contributed by atoms with E-state index in [1.54, 1.807) is 0 Å². The van der Waals surface area contributed by atoms with Gasteiger partial charge in [-0.3, -0.25) is 0 Å². The van der Waals surface area contributed by atoms with E-state index in [0.29, 0.717) is 0 Å². The zero-order chi connectivity index (χ0) is 16.3. The van der Waals surface area contributed by atoms with Crippen molar-refractivity contribution in [3.05, 3.63) is 0 Å². The SMILES string of the molecule is CCCCCCCCCCCCCCCCCC[C@@H](C)CC. The highest BCUT2D eigenvalue weighted by atomic mass is 14.0. The van der Waals surface area contributed by atoms with E-state index in [1.165, 1.54) is 116 Å². The Kier molecular flexibility index (Phi) is 19.0. The van der Waals surface area contributed by atoms with E-state index in [0.717, 1.165) is 5.92 Å². The maximum absolute atomic E-state index is 2.39. The van der Waals surface area contributed by atoms with Gasteiger partial charge in [0.05, 0.1) is 0 Å². The summed E-state index contributed by atoms with van der Waals surface area (Å²) in [5.74, 6) is 0.951. The van der Waals surface area contributed by atoms with Gasteiger partial charge < -0.3 is 0 Å². The maximum atomic E-state index is 2.39. The van der Waals surface area contributed by atoms with E-state index in [4.69, 9.17) is 0 Å². The Morgan fingerprint density at radius 2 is 0.773 bits per heavy atom. The Morgan fingerprint density at radius 3 is 1.09 bits per heavy atom. The molecule has 0 bridgehead atoms. The predicted molar refractivity (Wildman–Crippen MR) is 104 cm³/mol. The van der Waals surface area contributed by atoms with Gasteiger partial charge >= 0.3 is 0 Å². The Labute approximate surface area is 142 Å². The first kappa shape index (κ1) is 22.0. The number of hydrogen-bond acceptors (Lipinski definition) is 0. The summed E-state index contributed by atoms with van der Waals surface area (Å²) in [6.45, 7) is 7.01. The summed E-state index contributed by atoms with van der Waals surface area (Å²) in [7, 11) is 0. The van der Waals surface area contributed by atoms with E-state index < -0.39 is 0 Å². The van der Waals surface area contributed by atoms with Crippen LogP contribution in [-0.4, -0.2) is 0 Å². The van der Waals surface area contributed by atoms with Crippen LogP contribution >= 0.6 is 0 Å². The summed E-state index contributed by atoms with van der Waals surface area (Å²) >= 11 is 0. The second-order valence-corrected chi connectivity index (χ2v) is 7.61. The normalized spacial score (nSPS) is 12.7. The van der Waals surface area contributed by atoms with E-state index >= 15 is 0 Å². The molecule has 0 aliphatic rings. The molecule has 1 atom stereocenters. The molecule has 0 fully saturated rings. The first-order valence-electron chi connectivity index (χ1n) is 10.8. The van der Waals surface area contributed by atoms with Gasteiger partial charge in [-0.1, -0.05) is 136 Å². The maximum Gasteiger partial charge on any atom is -0.0445 e. The van der Waals surface area contributed by atoms with Crippen LogP contribution in [0.3, 0.4) is 0 Å². The summed E-state index contributed by atoms with van der Waals surface area (Å²) in [4.78, 5) is 0. The fourth-order valence-electron chi connectivity index (χ4n) is 3.25. The van der Waals surface area contributed by atoms with Crippen molar-refractivity contribution in [2.24, 2.45) is 5.92 Å². The van der Waals surface area contributed by atoms with Crippen LogP contribution in [0.1, 0.15) is 136 Å². The highest BCUT2D eigenvalue weighted by Crippen LogP contribution is 2.16. The zero-order valence-corrected chi connectivity index (χ0v) is 16.3. The fraction of sp³-hybridized carbons (Fsp3) is 1.00. The van der Waals surface area contributed by atoms with Gasteiger partial charge in [0.15, 0.2) is 0 Å². The molecule has 0 rings (SSSR count). The summed E-state index contributed by atoms with van der Waals surface area (Å²) in [5, 5.41) is 0. The van der Waals surface area contributed by atoms with Gasteiger partial charge in [-0.05, 0) is 5.92 Å². The minimum atomic E-state index is 0.951. The zero-order valence-electron chi connectivity index (χ0n) is 16.3. The lowest BCUT2D eigenvalue weighted by Crippen LogP contribution is -1.91. The minimum absolute atomic E-state index is 0.951. The van der Waals surface area contributed by atoms with E-state index in [2.05, 4.69) is 20.8 Å². The lowest BCUT2D eigenvalue weighted by atomic mass is 9.99. The first-order valence-corrected chi connectivity index (χ1v) is 10.8. The second kappa shape index (κ2) is 19.0. The quantitative estimate of drug-likeness (QED) is 0.222. The summed E-state index contributed by atoms with van der Waals surface area (Å²) in [6.07, 6.45) is 26.4. The lowest BCUT2D eigenvalue weighted by molar-refractivity contribution is 0.468. The van der Waals surface area contributed by atoms with Crippen molar-refractivity contribution in [1.29, 1.82) is 0 Å². The van der Waals surface area contributed by atoms with E-state index in [-0.39, 0.29) is 0 Å². The molecule has 0 saturated carbocycles. The van der Waals surface area contributed by atoms with E-state index in [1.807, 2.05) is 0 Å². The topological polar surface area (TPSA) is 0 Å². The molecule has 0 aliphatic heterocycles. The molecule has 22 heavy (non-hydrogen) atoms. The van der Waals surface area contributed by atoms with Gasteiger partial charge in [0.1, 0.15) is 0 Å². The molecule has 0 aliphatic carbocycles. The second-order valence-electron chi connectivity index (χ2n) is 7.61. The van der Waals surface area contributed by atoms with Crippen LogP contribution in [0.2, 0.25) is 0 Å². The van der Waals surface area contributed by atoms with Gasteiger partial charge in [0, 0.05) is 0 Å². The van der Waals surface area contributed by atoms with E-state index in [9.17, 15) is 0 Å². The molecule has 0 aromatic rings. The largest absolute Gasteiger partial charge is 0.0654 e. The third-order valence-corrected chi connectivity index (χ3v) is 5.25. The Bertz CT molecular complexity index is 184. The van der Waals surface area contributed by atoms with Crippen LogP contribution in [0.15, 0.2) is 0 Å². The Morgan fingerprint density at radius 1 is 0.455 bits per heavy atom. The van der Waals surface area contributed by atoms with Crippen LogP contribution in [-0.2, 0) is 0 Å². The fourth-order valence-corrected chi connectivity index (χ4v) is 3.25. The average molecular weight is 311 g/mol. The summed E-state index contributed by atoms with van der Waals surface area (Å²) in [6, 6.07) is 0. The molecular weight excluding hydrogens is 264 g/mol.